The highest BCUT2D eigenvalue weighted by molar-refractivity contribution is 6.13. The van der Waals surface area contributed by atoms with Crippen LogP contribution in [0.1, 0.15) is 37.7 Å². The average molecular weight is 428 g/mol. The highest BCUT2D eigenvalue weighted by Gasteiger charge is 2.18. The van der Waals surface area contributed by atoms with Crippen molar-refractivity contribution in [1.82, 2.24) is 14.8 Å². The number of hydrogen-bond acceptors (Lipinski definition) is 5. The SMILES string of the molecule is Cc1c(NC(=O)c2cc(C(N)=O)nc3cc(F)ccc23)cnn1Cc1ccc(C#N)cc1. The highest BCUT2D eigenvalue weighted by atomic mass is 19.1. The van der Waals surface area contributed by atoms with Crippen LogP contribution >= 0.6 is 0 Å². The van der Waals surface area contributed by atoms with Crippen LogP contribution in [0.4, 0.5) is 10.1 Å². The fourth-order valence-electron chi connectivity index (χ4n) is 3.29. The maximum absolute atomic E-state index is 13.6. The molecule has 0 unspecified atom stereocenters. The van der Waals surface area contributed by atoms with Crippen LogP contribution in [0.15, 0.2) is 54.7 Å². The van der Waals surface area contributed by atoms with E-state index in [1.807, 2.05) is 12.1 Å². The molecule has 2 aromatic heterocycles. The van der Waals surface area contributed by atoms with Gasteiger partial charge < -0.3 is 11.1 Å². The summed E-state index contributed by atoms with van der Waals surface area (Å²) in [6, 6.07) is 14.3. The molecule has 0 aliphatic heterocycles. The van der Waals surface area contributed by atoms with E-state index in [4.69, 9.17) is 11.0 Å². The Hall–Kier alpha value is -4.58. The summed E-state index contributed by atoms with van der Waals surface area (Å²) in [5, 5.41) is 16.4. The number of aromatic nitrogens is 3. The fraction of sp³-hybridized carbons (Fsp3) is 0.0870. The number of primary amides is 1. The molecule has 8 nitrogen and oxygen atoms in total. The summed E-state index contributed by atoms with van der Waals surface area (Å²) in [5.41, 5.74) is 8.19. The van der Waals surface area contributed by atoms with E-state index in [1.165, 1.54) is 24.4 Å². The number of carbonyl (C=O) groups excluding carboxylic acids is 2. The minimum atomic E-state index is -0.823. The number of halogens is 1. The predicted molar refractivity (Wildman–Crippen MR) is 115 cm³/mol. The molecule has 2 amide bonds. The van der Waals surface area contributed by atoms with Gasteiger partial charge in [0.05, 0.1) is 46.8 Å². The lowest BCUT2D eigenvalue weighted by molar-refractivity contribution is 0.0996. The van der Waals surface area contributed by atoms with Gasteiger partial charge in [-0.05, 0) is 42.8 Å². The third-order valence-corrected chi connectivity index (χ3v) is 5.04. The number of carbonyl (C=O) groups is 2. The number of amides is 2. The van der Waals surface area contributed by atoms with Gasteiger partial charge in [0.2, 0.25) is 0 Å². The Balaban J connectivity index is 1.62. The molecule has 0 saturated heterocycles. The molecule has 0 aliphatic carbocycles. The van der Waals surface area contributed by atoms with Crippen LogP contribution in [-0.2, 0) is 6.54 Å². The molecule has 0 bridgehead atoms. The molecule has 0 spiro atoms. The second-order valence-electron chi connectivity index (χ2n) is 7.14. The van der Waals surface area contributed by atoms with Crippen molar-refractivity contribution in [3.63, 3.8) is 0 Å². The summed E-state index contributed by atoms with van der Waals surface area (Å²) in [6.07, 6.45) is 1.52. The highest BCUT2D eigenvalue weighted by Crippen LogP contribution is 2.22. The molecule has 2 aromatic carbocycles. The lowest BCUT2D eigenvalue weighted by atomic mass is 10.1. The van der Waals surface area contributed by atoms with Crippen molar-refractivity contribution in [2.45, 2.75) is 13.5 Å². The van der Waals surface area contributed by atoms with Gasteiger partial charge in [0.15, 0.2) is 0 Å². The lowest BCUT2D eigenvalue weighted by Gasteiger charge is -2.10. The van der Waals surface area contributed by atoms with Crippen LogP contribution in [0.2, 0.25) is 0 Å². The number of rotatable bonds is 5. The summed E-state index contributed by atoms with van der Waals surface area (Å²) in [7, 11) is 0. The molecular formula is C23H17FN6O2. The molecule has 3 N–H and O–H groups in total. The smallest absolute Gasteiger partial charge is 0.267 e. The van der Waals surface area contributed by atoms with Crippen molar-refractivity contribution in [3.8, 4) is 6.07 Å². The van der Waals surface area contributed by atoms with Crippen LogP contribution in [-0.4, -0.2) is 26.6 Å². The number of nitrogens with two attached hydrogens (primary N) is 1. The molecule has 0 atom stereocenters. The van der Waals surface area contributed by atoms with Gasteiger partial charge >= 0.3 is 0 Å². The molecule has 2 heterocycles. The Bertz CT molecular complexity index is 1400. The quantitative estimate of drug-likeness (QED) is 0.505. The van der Waals surface area contributed by atoms with E-state index >= 15 is 0 Å². The fourth-order valence-corrected chi connectivity index (χ4v) is 3.29. The normalized spacial score (nSPS) is 10.7. The van der Waals surface area contributed by atoms with Crippen molar-refractivity contribution in [3.05, 3.63) is 88.6 Å². The van der Waals surface area contributed by atoms with Gasteiger partial charge in [-0.3, -0.25) is 14.3 Å². The average Bonchev–Trinajstić information content (AvgIpc) is 3.12. The summed E-state index contributed by atoms with van der Waals surface area (Å²) < 4.78 is 15.4. The number of nitrogens with one attached hydrogen (secondary N) is 1. The van der Waals surface area contributed by atoms with Crippen LogP contribution in [0.25, 0.3) is 10.9 Å². The van der Waals surface area contributed by atoms with Gasteiger partial charge in [-0.25, -0.2) is 9.37 Å². The van der Waals surface area contributed by atoms with Crippen molar-refractivity contribution in [1.29, 1.82) is 5.26 Å². The monoisotopic (exact) mass is 428 g/mol. The number of fused-ring (bicyclic) bond motifs is 1. The zero-order valence-corrected chi connectivity index (χ0v) is 17.0. The molecule has 0 fully saturated rings. The first-order chi connectivity index (χ1) is 15.4. The molecule has 0 saturated carbocycles. The van der Waals surface area contributed by atoms with Crippen LogP contribution in [0.5, 0.6) is 0 Å². The first-order valence-electron chi connectivity index (χ1n) is 9.58. The first kappa shape index (κ1) is 20.7. The van der Waals surface area contributed by atoms with E-state index in [0.717, 1.165) is 11.6 Å². The van der Waals surface area contributed by atoms with Gasteiger partial charge in [0, 0.05) is 11.5 Å². The van der Waals surface area contributed by atoms with Crippen molar-refractivity contribution >= 4 is 28.4 Å². The zero-order chi connectivity index (χ0) is 22.8. The number of benzene rings is 2. The van der Waals surface area contributed by atoms with Crippen LogP contribution < -0.4 is 11.1 Å². The van der Waals surface area contributed by atoms with E-state index in [1.54, 1.807) is 23.7 Å². The second-order valence-corrected chi connectivity index (χ2v) is 7.14. The Morgan fingerprint density at radius 3 is 2.62 bits per heavy atom. The van der Waals surface area contributed by atoms with Crippen molar-refractivity contribution in [2.24, 2.45) is 5.73 Å². The molecule has 32 heavy (non-hydrogen) atoms. The molecule has 0 aliphatic rings. The number of nitriles is 1. The first-order valence-corrected chi connectivity index (χ1v) is 9.58. The largest absolute Gasteiger partial charge is 0.364 e. The summed E-state index contributed by atoms with van der Waals surface area (Å²) in [5.74, 6) is -1.87. The van der Waals surface area contributed by atoms with Gasteiger partial charge in [-0.1, -0.05) is 12.1 Å². The molecule has 4 aromatic rings. The maximum atomic E-state index is 13.6. The molecular weight excluding hydrogens is 411 g/mol. The lowest BCUT2D eigenvalue weighted by Crippen LogP contribution is -2.18. The van der Waals surface area contributed by atoms with E-state index < -0.39 is 17.6 Å². The number of nitrogens with zero attached hydrogens (tertiary/aromatic N) is 4. The number of hydrogen-bond donors (Lipinski definition) is 2. The minimum Gasteiger partial charge on any atom is -0.364 e. The van der Waals surface area contributed by atoms with E-state index in [9.17, 15) is 14.0 Å². The third kappa shape index (κ3) is 4.02. The minimum absolute atomic E-state index is 0.138. The molecule has 4 rings (SSSR count). The summed E-state index contributed by atoms with van der Waals surface area (Å²) in [4.78, 5) is 28.7. The van der Waals surface area contributed by atoms with Gasteiger partial charge in [-0.2, -0.15) is 10.4 Å². The zero-order valence-electron chi connectivity index (χ0n) is 17.0. The van der Waals surface area contributed by atoms with Crippen molar-refractivity contribution < 1.29 is 14.0 Å². The molecule has 9 heteroatoms. The number of anilines is 1. The molecule has 0 radical (unpaired) electrons. The Morgan fingerprint density at radius 1 is 1.19 bits per heavy atom. The van der Waals surface area contributed by atoms with Crippen LogP contribution in [0, 0.1) is 24.1 Å². The summed E-state index contributed by atoms with van der Waals surface area (Å²) >= 11 is 0. The Labute approximate surface area is 182 Å². The Morgan fingerprint density at radius 2 is 1.94 bits per heavy atom. The summed E-state index contributed by atoms with van der Waals surface area (Å²) in [6.45, 7) is 2.26. The van der Waals surface area contributed by atoms with Gasteiger partial charge in [-0.15, -0.1) is 0 Å². The predicted octanol–water partition coefficient (Wildman–Crippen LogP) is 3.15. The third-order valence-electron chi connectivity index (χ3n) is 5.04. The second kappa shape index (κ2) is 8.28. The van der Waals surface area contributed by atoms with E-state index in [-0.39, 0.29) is 16.8 Å². The van der Waals surface area contributed by atoms with E-state index in [0.29, 0.717) is 28.9 Å². The van der Waals surface area contributed by atoms with Gasteiger partial charge in [0.1, 0.15) is 11.5 Å². The Kier molecular flexibility index (Phi) is 5.35. The van der Waals surface area contributed by atoms with E-state index in [2.05, 4.69) is 21.5 Å². The standard InChI is InChI=1S/C23H17FN6O2/c1-13-21(11-27-30(13)12-15-4-2-14(10-25)3-5-15)29-23(32)18-9-20(22(26)31)28-19-8-16(24)6-7-17(18)19/h2-9,11H,12H2,1H3,(H2,26,31)(H,29,32). The van der Waals surface area contributed by atoms with Gasteiger partial charge in [0.25, 0.3) is 11.8 Å². The topological polar surface area (TPSA) is 127 Å². The van der Waals surface area contributed by atoms with Crippen LogP contribution in [0.3, 0.4) is 0 Å². The maximum Gasteiger partial charge on any atom is 0.267 e. The molecule has 158 valence electrons. The van der Waals surface area contributed by atoms with Crippen molar-refractivity contribution in [2.75, 3.05) is 5.32 Å². The number of pyridine rings is 1.